The third-order valence-electron chi connectivity index (χ3n) is 4.41. The Morgan fingerprint density at radius 2 is 1.85 bits per heavy atom. The number of rotatable bonds is 3. The van der Waals surface area contributed by atoms with Crippen molar-refractivity contribution >= 4 is 11.7 Å². The zero-order chi connectivity index (χ0) is 19.8. The van der Waals surface area contributed by atoms with Gasteiger partial charge in [0.1, 0.15) is 11.5 Å². The average molecular weight is 381 g/mol. The fourth-order valence-electron chi connectivity index (χ4n) is 3.13. The molecule has 27 heavy (non-hydrogen) atoms. The second-order valence-corrected chi connectivity index (χ2v) is 6.33. The van der Waals surface area contributed by atoms with Gasteiger partial charge in [-0.15, -0.1) is 13.2 Å². The molecule has 1 aliphatic heterocycles. The van der Waals surface area contributed by atoms with Crippen molar-refractivity contribution < 1.29 is 27.5 Å². The van der Waals surface area contributed by atoms with Crippen molar-refractivity contribution in [2.24, 2.45) is 0 Å². The molecular weight excluding hydrogens is 363 g/mol. The first-order chi connectivity index (χ1) is 12.7. The van der Waals surface area contributed by atoms with Crippen LogP contribution in [-0.2, 0) is 4.79 Å². The zero-order valence-electron chi connectivity index (χ0n) is 14.8. The first-order valence-electron chi connectivity index (χ1n) is 8.39. The lowest BCUT2D eigenvalue weighted by atomic mass is 10.1. The van der Waals surface area contributed by atoms with E-state index in [1.54, 1.807) is 24.8 Å². The van der Waals surface area contributed by atoms with Gasteiger partial charge in [-0.25, -0.2) is 4.68 Å². The minimum atomic E-state index is -4.79. The van der Waals surface area contributed by atoms with Crippen molar-refractivity contribution in [1.82, 2.24) is 14.7 Å². The van der Waals surface area contributed by atoms with Crippen LogP contribution in [0.3, 0.4) is 0 Å². The summed E-state index contributed by atoms with van der Waals surface area (Å²) in [7, 11) is 0. The Labute approximate surface area is 153 Å². The van der Waals surface area contributed by atoms with Crippen LogP contribution in [0.2, 0.25) is 0 Å². The van der Waals surface area contributed by atoms with Crippen LogP contribution in [-0.4, -0.2) is 45.8 Å². The monoisotopic (exact) mass is 381 g/mol. The van der Waals surface area contributed by atoms with Crippen LogP contribution < -0.4 is 4.74 Å². The van der Waals surface area contributed by atoms with Gasteiger partial charge in [0.05, 0.1) is 22.6 Å². The summed E-state index contributed by atoms with van der Waals surface area (Å²) < 4.78 is 42.7. The summed E-state index contributed by atoms with van der Waals surface area (Å²) in [5.74, 6) is -0.467. The Bertz CT molecular complexity index is 880. The van der Waals surface area contributed by atoms with Gasteiger partial charge in [0, 0.05) is 32.0 Å². The van der Waals surface area contributed by atoms with E-state index in [0.717, 1.165) is 0 Å². The fourth-order valence-corrected chi connectivity index (χ4v) is 3.13. The maximum Gasteiger partial charge on any atom is 0.573 e. The molecule has 1 fully saturated rings. The lowest BCUT2D eigenvalue weighted by molar-refractivity contribution is -0.274. The number of Topliss-reactive ketones (excluding diaryl/α,β-unsaturated/α-hetero) is 1. The summed E-state index contributed by atoms with van der Waals surface area (Å²) in [4.78, 5) is 25.8. The highest BCUT2D eigenvalue weighted by atomic mass is 19.4. The van der Waals surface area contributed by atoms with Crippen LogP contribution in [0, 0.1) is 13.8 Å². The third-order valence-corrected chi connectivity index (χ3v) is 4.41. The molecule has 2 aromatic rings. The molecule has 0 atom stereocenters. The molecule has 0 spiro atoms. The number of ketones is 1. The summed E-state index contributed by atoms with van der Waals surface area (Å²) >= 11 is 0. The number of alkyl halides is 3. The van der Waals surface area contributed by atoms with Gasteiger partial charge in [0.25, 0.3) is 5.91 Å². The first kappa shape index (κ1) is 18.9. The number of ether oxygens (including phenoxy) is 1. The number of carbonyl (C=O) groups is 2. The van der Waals surface area contributed by atoms with E-state index in [1.165, 1.54) is 22.9 Å². The molecule has 3 rings (SSSR count). The number of likely N-dealkylation sites (tertiary alicyclic amines) is 1. The molecule has 2 heterocycles. The Morgan fingerprint density at radius 3 is 2.48 bits per heavy atom. The van der Waals surface area contributed by atoms with E-state index in [9.17, 15) is 22.8 Å². The average Bonchev–Trinajstić information content (AvgIpc) is 2.88. The first-order valence-corrected chi connectivity index (χ1v) is 8.39. The van der Waals surface area contributed by atoms with Gasteiger partial charge in [-0.2, -0.15) is 5.10 Å². The SMILES string of the molecule is Cc1nn(-c2cccc(OC(F)(F)F)c2)c(C)c1C(=O)N1CCC(=O)CC1. The predicted octanol–water partition coefficient (Wildman–Crippen LogP) is 3.19. The Balaban J connectivity index is 1.91. The van der Waals surface area contributed by atoms with Gasteiger partial charge >= 0.3 is 6.36 Å². The summed E-state index contributed by atoms with van der Waals surface area (Å²) in [5, 5.41) is 4.31. The maximum absolute atomic E-state index is 12.8. The Hall–Kier alpha value is -2.84. The fraction of sp³-hybridized carbons (Fsp3) is 0.389. The largest absolute Gasteiger partial charge is 0.573 e. The third kappa shape index (κ3) is 4.12. The van der Waals surface area contributed by atoms with Gasteiger partial charge in [-0.1, -0.05) is 6.07 Å². The van der Waals surface area contributed by atoms with Gasteiger partial charge in [-0.3, -0.25) is 9.59 Å². The van der Waals surface area contributed by atoms with Crippen LogP contribution >= 0.6 is 0 Å². The number of benzene rings is 1. The van der Waals surface area contributed by atoms with Crippen molar-refractivity contribution in [2.75, 3.05) is 13.1 Å². The Morgan fingerprint density at radius 1 is 1.19 bits per heavy atom. The van der Waals surface area contributed by atoms with Crippen LogP contribution in [0.1, 0.15) is 34.6 Å². The summed E-state index contributed by atoms with van der Waals surface area (Å²) in [6, 6.07) is 5.40. The lowest BCUT2D eigenvalue weighted by Crippen LogP contribution is -2.39. The lowest BCUT2D eigenvalue weighted by Gasteiger charge is -2.26. The van der Waals surface area contributed by atoms with Crippen LogP contribution in [0.25, 0.3) is 5.69 Å². The summed E-state index contributed by atoms with van der Waals surface area (Å²) in [6.07, 6.45) is -4.13. The summed E-state index contributed by atoms with van der Waals surface area (Å²) in [5.41, 5.74) is 1.73. The van der Waals surface area contributed by atoms with Gasteiger partial charge in [0.15, 0.2) is 0 Å². The Kier molecular flexibility index (Phi) is 4.95. The smallest absolute Gasteiger partial charge is 0.406 e. The molecular formula is C18H18F3N3O3. The van der Waals surface area contributed by atoms with E-state index >= 15 is 0 Å². The normalized spacial score (nSPS) is 15.1. The van der Waals surface area contributed by atoms with Crippen molar-refractivity contribution in [2.45, 2.75) is 33.1 Å². The highest BCUT2D eigenvalue weighted by Crippen LogP contribution is 2.26. The second-order valence-electron chi connectivity index (χ2n) is 6.33. The number of carbonyl (C=O) groups excluding carboxylic acids is 2. The van der Waals surface area contributed by atoms with E-state index in [4.69, 9.17) is 0 Å². The minimum Gasteiger partial charge on any atom is -0.406 e. The molecule has 9 heteroatoms. The quantitative estimate of drug-likeness (QED) is 0.819. The second kappa shape index (κ2) is 7.05. The zero-order valence-corrected chi connectivity index (χ0v) is 14.8. The molecule has 144 valence electrons. The number of nitrogens with zero attached hydrogens (tertiary/aromatic N) is 3. The van der Waals surface area contributed by atoms with Crippen molar-refractivity contribution in [3.63, 3.8) is 0 Å². The summed E-state index contributed by atoms with van der Waals surface area (Å²) in [6.45, 7) is 4.06. The maximum atomic E-state index is 12.8. The predicted molar refractivity (Wildman–Crippen MR) is 89.9 cm³/mol. The van der Waals surface area contributed by atoms with Crippen molar-refractivity contribution in [1.29, 1.82) is 0 Å². The highest BCUT2D eigenvalue weighted by molar-refractivity contribution is 5.97. The molecule has 0 saturated carbocycles. The van der Waals surface area contributed by atoms with E-state index < -0.39 is 6.36 Å². The number of amides is 1. The van der Waals surface area contributed by atoms with Crippen LogP contribution in [0.15, 0.2) is 24.3 Å². The molecule has 1 amide bonds. The van der Waals surface area contributed by atoms with E-state index in [-0.39, 0.29) is 17.4 Å². The number of aryl methyl sites for hydroxylation is 1. The molecule has 0 bridgehead atoms. The molecule has 1 aromatic carbocycles. The topological polar surface area (TPSA) is 64.4 Å². The van der Waals surface area contributed by atoms with Gasteiger partial charge < -0.3 is 9.64 Å². The van der Waals surface area contributed by atoms with E-state index in [1.807, 2.05) is 0 Å². The van der Waals surface area contributed by atoms with Gasteiger partial charge in [-0.05, 0) is 26.0 Å². The standard InChI is InChI=1S/C18H18F3N3O3/c1-11-16(17(26)23-8-6-14(25)7-9-23)12(2)24(22-11)13-4-3-5-15(10-13)27-18(19,20)21/h3-5,10H,6-9H2,1-2H3. The molecule has 6 nitrogen and oxygen atoms in total. The van der Waals surface area contributed by atoms with Crippen LogP contribution in [0.4, 0.5) is 13.2 Å². The number of halogens is 3. The number of hydrogen-bond acceptors (Lipinski definition) is 4. The number of aromatic nitrogens is 2. The van der Waals surface area contributed by atoms with Crippen molar-refractivity contribution in [3.8, 4) is 11.4 Å². The molecule has 0 unspecified atom stereocenters. The molecule has 1 saturated heterocycles. The van der Waals surface area contributed by atoms with E-state index in [0.29, 0.717) is 48.6 Å². The molecule has 0 aliphatic carbocycles. The minimum absolute atomic E-state index is 0.129. The molecule has 1 aromatic heterocycles. The highest BCUT2D eigenvalue weighted by Gasteiger charge is 2.31. The molecule has 0 radical (unpaired) electrons. The number of hydrogen-bond donors (Lipinski definition) is 0. The van der Waals surface area contributed by atoms with Crippen LogP contribution in [0.5, 0.6) is 5.75 Å². The number of piperidine rings is 1. The van der Waals surface area contributed by atoms with Gasteiger partial charge in [0.2, 0.25) is 0 Å². The van der Waals surface area contributed by atoms with E-state index in [2.05, 4.69) is 9.84 Å². The molecule has 1 aliphatic rings. The molecule has 0 N–H and O–H groups in total. The van der Waals surface area contributed by atoms with Crippen molar-refractivity contribution in [3.05, 3.63) is 41.2 Å².